The van der Waals surface area contributed by atoms with E-state index in [0.717, 1.165) is 12.1 Å². The molecule has 9 nitrogen and oxygen atoms in total. The zero-order valence-electron chi connectivity index (χ0n) is 15.6. The van der Waals surface area contributed by atoms with Crippen LogP contribution in [0.2, 0.25) is 0 Å². The number of benzene rings is 2. The van der Waals surface area contributed by atoms with E-state index in [1.54, 1.807) is 0 Å². The Kier molecular flexibility index (Phi) is 5.90. The van der Waals surface area contributed by atoms with Crippen LogP contribution in [-0.2, 0) is 9.53 Å². The molecule has 0 aromatic heterocycles. The van der Waals surface area contributed by atoms with Crippen molar-refractivity contribution in [2.45, 2.75) is 6.61 Å². The number of carbonyl (C=O) groups excluding carboxylic acids is 1. The van der Waals surface area contributed by atoms with Gasteiger partial charge < -0.3 is 18.9 Å². The second-order valence-electron chi connectivity index (χ2n) is 5.73. The van der Waals surface area contributed by atoms with E-state index in [1.807, 2.05) is 0 Å². The molecule has 156 valence electrons. The summed E-state index contributed by atoms with van der Waals surface area (Å²) in [5.41, 5.74) is -0.603. The first-order valence-corrected chi connectivity index (χ1v) is 8.31. The predicted octanol–water partition coefficient (Wildman–Crippen LogP) is 3.56. The minimum absolute atomic E-state index is 0.00622. The number of hydrogen-bond acceptors (Lipinski definition) is 8. The van der Waals surface area contributed by atoms with Gasteiger partial charge in [-0.25, -0.2) is 9.79 Å². The monoisotopic (exact) mass is 420 g/mol. The van der Waals surface area contributed by atoms with Crippen molar-refractivity contribution in [1.29, 1.82) is 0 Å². The lowest BCUT2D eigenvalue weighted by Gasteiger charge is -2.08. The molecule has 0 saturated carbocycles. The van der Waals surface area contributed by atoms with E-state index in [1.165, 1.54) is 44.6 Å². The summed E-state index contributed by atoms with van der Waals surface area (Å²) in [6, 6.07) is 8.07. The molecule has 0 bridgehead atoms. The summed E-state index contributed by atoms with van der Waals surface area (Å²) < 4.78 is 44.9. The highest BCUT2D eigenvalue weighted by molar-refractivity contribution is 6.14. The zero-order chi connectivity index (χ0) is 21.8. The van der Waals surface area contributed by atoms with Crippen molar-refractivity contribution in [3.8, 4) is 17.2 Å². The van der Waals surface area contributed by atoms with Gasteiger partial charge in [-0.1, -0.05) is 12.1 Å². The van der Waals surface area contributed by atoms with E-state index in [-0.39, 0.29) is 45.7 Å². The van der Waals surface area contributed by atoms with Crippen LogP contribution in [0.15, 0.2) is 47.1 Å². The number of nitro benzene ring substituents is 1. The van der Waals surface area contributed by atoms with Crippen molar-refractivity contribution >= 4 is 23.6 Å². The molecule has 1 heterocycles. The van der Waals surface area contributed by atoms with Crippen LogP contribution >= 0.6 is 0 Å². The van der Waals surface area contributed by atoms with Gasteiger partial charge in [-0.3, -0.25) is 10.1 Å². The van der Waals surface area contributed by atoms with Crippen molar-refractivity contribution in [3.05, 3.63) is 63.3 Å². The minimum atomic E-state index is -3.09. The van der Waals surface area contributed by atoms with Crippen molar-refractivity contribution in [1.82, 2.24) is 0 Å². The van der Waals surface area contributed by atoms with Crippen LogP contribution in [0.1, 0.15) is 11.1 Å². The highest BCUT2D eigenvalue weighted by Crippen LogP contribution is 2.36. The van der Waals surface area contributed by atoms with Crippen molar-refractivity contribution in [2.24, 2.45) is 4.99 Å². The summed E-state index contributed by atoms with van der Waals surface area (Å²) in [5.74, 6) is -1.10. The Morgan fingerprint density at radius 3 is 2.43 bits per heavy atom. The number of ether oxygens (including phenoxy) is 4. The third-order valence-electron chi connectivity index (χ3n) is 3.98. The summed E-state index contributed by atoms with van der Waals surface area (Å²) in [6.45, 7) is -3.09. The molecule has 0 unspecified atom stereocenters. The number of cyclic esters (lactones) is 1. The number of methoxy groups -OCH3 is 2. The lowest BCUT2D eigenvalue weighted by molar-refractivity contribution is -0.385. The first kappa shape index (κ1) is 20.7. The van der Waals surface area contributed by atoms with Crippen molar-refractivity contribution in [2.75, 3.05) is 14.2 Å². The van der Waals surface area contributed by atoms with E-state index in [0.29, 0.717) is 0 Å². The SMILES string of the molecule is COc1cc(/C=C2\N=C(c3ccccc3OC(F)F)OC2=O)c([N+](=O)[O-])cc1OC. The highest BCUT2D eigenvalue weighted by atomic mass is 19.3. The van der Waals surface area contributed by atoms with Gasteiger partial charge in [-0.05, 0) is 24.3 Å². The molecule has 0 saturated heterocycles. The van der Waals surface area contributed by atoms with Crippen LogP contribution in [0.4, 0.5) is 14.5 Å². The highest BCUT2D eigenvalue weighted by Gasteiger charge is 2.28. The number of carbonyl (C=O) groups is 1. The van der Waals surface area contributed by atoms with Crippen LogP contribution in [0, 0.1) is 10.1 Å². The van der Waals surface area contributed by atoms with Crippen LogP contribution in [0.25, 0.3) is 6.08 Å². The molecule has 0 aliphatic carbocycles. The van der Waals surface area contributed by atoms with Gasteiger partial charge in [-0.15, -0.1) is 0 Å². The predicted molar refractivity (Wildman–Crippen MR) is 99.9 cm³/mol. The molecule has 0 spiro atoms. The van der Waals surface area contributed by atoms with Gasteiger partial charge in [0.1, 0.15) is 5.75 Å². The topological polar surface area (TPSA) is 109 Å². The number of nitro groups is 1. The van der Waals surface area contributed by atoms with Crippen LogP contribution < -0.4 is 14.2 Å². The third-order valence-corrected chi connectivity index (χ3v) is 3.98. The molecule has 1 aliphatic heterocycles. The summed E-state index contributed by atoms with van der Waals surface area (Å²) in [4.78, 5) is 27.0. The second-order valence-corrected chi connectivity index (χ2v) is 5.73. The lowest BCUT2D eigenvalue weighted by atomic mass is 10.1. The fourth-order valence-electron chi connectivity index (χ4n) is 2.67. The smallest absolute Gasteiger partial charge is 0.387 e. The maximum Gasteiger partial charge on any atom is 0.387 e. The number of rotatable bonds is 7. The molecule has 2 aromatic rings. The quantitative estimate of drug-likeness (QED) is 0.292. The zero-order valence-corrected chi connectivity index (χ0v) is 15.6. The number of esters is 1. The largest absolute Gasteiger partial charge is 0.493 e. The van der Waals surface area contributed by atoms with Crippen molar-refractivity contribution in [3.63, 3.8) is 0 Å². The van der Waals surface area contributed by atoms with Gasteiger partial charge in [0.05, 0.1) is 36.3 Å². The molecule has 0 radical (unpaired) electrons. The van der Waals surface area contributed by atoms with E-state index in [2.05, 4.69) is 9.73 Å². The Morgan fingerprint density at radius 1 is 1.13 bits per heavy atom. The summed E-state index contributed by atoms with van der Waals surface area (Å²) in [5, 5.41) is 11.4. The summed E-state index contributed by atoms with van der Waals surface area (Å²) in [7, 11) is 2.67. The molecule has 11 heteroatoms. The normalized spacial score (nSPS) is 14.5. The van der Waals surface area contributed by atoms with Gasteiger partial charge in [0.2, 0.25) is 5.90 Å². The number of halogens is 2. The number of hydrogen-bond donors (Lipinski definition) is 0. The molecule has 0 N–H and O–H groups in total. The third kappa shape index (κ3) is 4.19. The molecule has 1 aliphatic rings. The van der Waals surface area contributed by atoms with Gasteiger partial charge in [-0.2, -0.15) is 8.78 Å². The maximum atomic E-state index is 12.6. The molecule has 0 atom stereocenters. The summed E-state index contributed by atoms with van der Waals surface area (Å²) >= 11 is 0. The Balaban J connectivity index is 2.07. The standard InChI is InChI=1S/C19H14F2N2O7/c1-27-15-8-10(13(23(25)26)9-16(15)28-2)7-12-18(24)30-17(22-12)11-5-3-4-6-14(11)29-19(20)21/h3-9,19H,1-2H3/b12-7-. The fraction of sp³-hybridized carbons (Fsp3) is 0.158. The Hall–Kier alpha value is -4.02. The van der Waals surface area contributed by atoms with Crippen LogP contribution in [0.5, 0.6) is 17.2 Å². The van der Waals surface area contributed by atoms with Crippen LogP contribution in [-0.4, -0.2) is 37.6 Å². The van der Waals surface area contributed by atoms with Gasteiger partial charge in [0.25, 0.3) is 5.69 Å². The Labute approximate surface area is 168 Å². The molecule has 30 heavy (non-hydrogen) atoms. The molecular weight excluding hydrogens is 406 g/mol. The van der Waals surface area contributed by atoms with Crippen LogP contribution in [0.3, 0.4) is 0 Å². The average molecular weight is 420 g/mol. The summed E-state index contributed by atoms with van der Waals surface area (Å²) in [6.07, 6.45) is 1.13. The number of nitrogens with zero attached hydrogens (tertiary/aromatic N) is 2. The first-order valence-electron chi connectivity index (χ1n) is 8.31. The van der Waals surface area contributed by atoms with E-state index in [9.17, 15) is 23.7 Å². The number of aliphatic imine (C=N–C) groups is 1. The molecule has 2 aromatic carbocycles. The van der Waals surface area contributed by atoms with E-state index >= 15 is 0 Å². The second kappa shape index (κ2) is 8.55. The lowest BCUT2D eigenvalue weighted by Crippen LogP contribution is -2.10. The van der Waals surface area contributed by atoms with E-state index in [4.69, 9.17) is 14.2 Å². The molecule has 0 fully saturated rings. The Morgan fingerprint density at radius 2 is 1.80 bits per heavy atom. The molecule has 0 amide bonds. The van der Waals surface area contributed by atoms with Crippen molar-refractivity contribution < 1.29 is 37.4 Å². The molecular formula is C19H14F2N2O7. The van der Waals surface area contributed by atoms with Gasteiger partial charge >= 0.3 is 12.6 Å². The number of para-hydroxylation sites is 1. The maximum absolute atomic E-state index is 12.6. The fourth-order valence-corrected chi connectivity index (χ4v) is 2.67. The number of alkyl halides is 2. The minimum Gasteiger partial charge on any atom is -0.493 e. The van der Waals surface area contributed by atoms with E-state index < -0.39 is 17.5 Å². The van der Waals surface area contributed by atoms with Gasteiger partial charge in [0, 0.05) is 0 Å². The average Bonchev–Trinajstić information content (AvgIpc) is 3.07. The first-order chi connectivity index (χ1) is 14.3. The Bertz CT molecular complexity index is 1070. The van der Waals surface area contributed by atoms with Gasteiger partial charge in [0.15, 0.2) is 17.2 Å². The molecule has 3 rings (SSSR count).